The van der Waals surface area contributed by atoms with Crippen molar-refractivity contribution in [1.82, 2.24) is 4.98 Å². The Morgan fingerprint density at radius 2 is 1.83 bits per heavy atom. The Hall–Kier alpha value is -4.34. The molecule has 1 amide bonds. The van der Waals surface area contributed by atoms with Gasteiger partial charge in [-0.3, -0.25) is 24.6 Å². The van der Waals surface area contributed by atoms with Gasteiger partial charge in [-0.2, -0.15) is 0 Å². The fourth-order valence-corrected chi connectivity index (χ4v) is 5.23. The molecular weight excluding hydrogens is 502 g/mol. The van der Waals surface area contributed by atoms with E-state index >= 15 is 0 Å². The van der Waals surface area contributed by atoms with Crippen molar-refractivity contribution in [2.24, 2.45) is 0 Å². The molecule has 1 aliphatic heterocycles. The molecule has 2 heterocycles. The monoisotopic (exact) mass is 517 g/mol. The number of carbonyl (C=O) groups excluding carboxylic acids is 2. The van der Waals surface area contributed by atoms with E-state index in [2.05, 4.69) is 4.98 Å². The fraction of sp³-hybridized carbons (Fsp3) is 0.0385. The molecule has 4 aromatic rings. The van der Waals surface area contributed by atoms with Crippen LogP contribution in [0.1, 0.15) is 17.2 Å². The van der Waals surface area contributed by atoms with Gasteiger partial charge in [0, 0.05) is 17.2 Å². The summed E-state index contributed by atoms with van der Waals surface area (Å²) in [4.78, 5) is 42.9. The van der Waals surface area contributed by atoms with Crippen LogP contribution in [0, 0.1) is 10.1 Å². The minimum atomic E-state index is -1.04. The number of rotatable bonds is 6. The third-order valence-corrected chi connectivity index (χ3v) is 6.92. The number of nitrogens with zero attached hydrogens (tertiary/aromatic N) is 3. The normalized spacial score (nSPS) is 15.9. The van der Waals surface area contributed by atoms with Crippen LogP contribution in [0.25, 0.3) is 16.3 Å². The zero-order valence-electron chi connectivity index (χ0n) is 18.4. The maximum Gasteiger partial charge on any atom is 0.296 e. The lowest BCUT2D eigenvalue weighted by Crippen LogP contribution is -2.30. The molecule has 8 nitrogen and oxygen atoms in total. The summed E-state index contributed by atoms with van der Waals surface area (Å²) in [6, 6.07) is 18.6. The van der Waals surface area contributed by atoms with E-state index in [1.54, 1.807) is 24.3 Å². The Bertz CT molecular complexity index is 1580. The van der Waals surface area contributed by atoms with Gasteiger partial charge in [-0.25, -0.2) is 4.98 Å². The van der Waals surface area contributed by atoms with E-state index in [1.807, 2.05) is 30.3 Å². The van der Waals surface area contributed by atoms with Crippen molar-refractivity contribution in [3.8, 4) is 0 Å². The molecular formula is C26H16ClN3O5S. The van der Waals surface area contributed by atoms with Gasteiger partial charge in [-0.15, -0.1) is 0 Å². The molecule has 0 aliphatic carbocycles. The van der Waals surface area contributed by atoms with Crippen molar-refractivity contribution in [3.05, 3.63) is 116 Å². The Kier molecular flexibility index (Phi) is 6.09. The molecule has 0 saturated carbocycles. The summed E-state index contributed by atoms with van der Waals surface area (Å²) in [5, 5.41) is 22.7. The summed E-state index contributed by atoms with van der Waals surface area (Å²) in [6.07, 6.45) is 2.87. The van der Waals surface area contributed by atoms with E-state index in [4.69, 9.17) is 11.6 Å². The highest BCUT2D eigenvalue weighted by Gasteiger charge is 2.45. The molecule has 1 atom stereocenters. The third-order valence-electron chi connectivity index (χ3n) is 5.67. The molecule has 0 radical (unpaired) electrons. The number of halogens is 1. The maximum atomic E-state index is 13.3. The van der Waals surface area contributed by atoms with Gasteiger partial charge in [0.25, 0.3) is 11.6 Å². The van der Waals surface area contributed by atoms with Gasteiger partial charge in [0.05, 0.1) is 26.8 Å². The second-order valence-corrected chi connectivity index (χ2v) is 9.35. The number of hydrogen-bond acceptors (Lipinski definition) is 7. The predicted molar refractivity (Wildman–Crippen MR) is 138 cm³/mol. The highest BCUT2D eigenvalue weighted by Crippen LogP contribution is 2.44. The van der Waals surface area contributed by atoms with Crippen molar-refractivity contribution < 1.29 is 19.6 Å². The van der Waals surface area contributed by atoms with Crippen molar-refractivity contribution >= 4 is 61.7 Å². The van der Waals surface area contributed by atoms with Crippen molar-refractivity contribution in [3.63, 3.8) is 0 Å². The van der Waals surface area contributed by atoms with Gasteiger partial charge in [-0.1, -0.05) is 59.3 Å². The van der Waals surface area contributed by atoms with Crippen LogP contribution in [0.3, 0.4) is 0 Å². The second-order valence-electron chi connectivity index (χ2n) is 7.91. The number of carbonyl (C=O) groups is 2. The number of hydrogen-bond donors (Lipinski definition) is 1. The van der Waals surface area contributed by atoms with Gasteiger partial charge in [0.15, 0.2) is 16.7 Å². The topological polar surface area (TPSA) is 114 Å². The van der Waals surface area contributed by atoms with Crippen molar-refractivity contribution in [1.29, 1.82) is 0 Å². The Morgan fingerprint density at radius 1 is 1.11 bits per heavy atom. The maximum absolute atomic E-state index is 13.3. The number of non-ortho nitro benzene ring substituents is 1. The van der Waals surface area contributed by atoms with E-state index in [9.17, 15) is 24.8 Å². The van der Waals surface area contributed by atoms with Crippen LogP contribution in [-0.2, 0) is 9.59 Å². The Labute approximate surface area is 213 Å². The first kappa shape index (κ1) is 23.4. The number of thiazole rings is 1. The van der Waals surface area contributed by atoms with Gasteiger partial charge in [-0.05, 0) is 47.5 Å². The largest absolute Gasteiger partial charge is 0.503 e. The van der Waals surface area contributed by atoms with E-state index in [-0.39, 0.29) is 16.4 Å². The quantitative estimate of drug-likeness (QED) is 0.189. The molecule has 0 fully saturated rings. The molecule has 5 rings (SSSR count). The van der Waals surface area contributed by atoms with E-state index in [1.165, 1.54) is 46.6 Å². The Morgan fingerprint density at radius 3 is 2.53 bits per heavy atom. The SMILES string of the molecule is O=C(C=Cc1ccccc1)C1=C(O)C(=O)N(c2nc3ccc(Cl)cc3s2)C1c1ccc([N+](=O)[O-])cc1. The number of amides is 1. The van der Waals surface area contributed by atoms with E-state index in [0.717, 1.165) is 10.3 Å². The number of anilines is 1. The molecule has 1 aliphatic rings. The number of benzene rings is 3. The third kappa shape index (κ3) is 4.26. The van der Waals surface area contributed by atoms with E-state index < -0.39 is 28.4 Å². The summed E-state index contributed by atoms with van der Waals surface area (Å²) in [5.74, 6) is -2.06. The summed E-state index contributed by atoms with van der Waals surface area (Å²) in [6.45, 7) is 0. The zero-order chi connectivity index (χ0) is 25.4. The average molecular weight is 518 g/mol. The molecule has 0 saturated heterocycles. The van der Waals surface area contributed by atoms with Gasteiger partial charge >= 0.3 is 0 Å². The van der Waals surface area contributed by atoms with Crippen molar-refractivity contribution in [2.45, 2.75) is 6.04 Å². The summed E-state index contributed by atoms with van der Waals surface area (Å²) < 4.78 is 0.719. The first-order valence-electron chi connectivity index (χ1n) is 10.7. The molecule has 36 heavy (non-hydrogen) atoms. The van der Waals surface area contributed by atoms with E-state index in [0.29, 0.717) is 16.1 Å². The summed E-state index contributed by atoms with van der Waals surface area (Å²) >= 11 is 7.28. The van der Waals surface area contributed by atoms with Crippen LogP contribution in [0.15, 0.2) is 90.2 Å². The summed E-state index contributed by atoms with van der Waals surface area (Å²) in [5.41, 5.74) is 1.49. The smallest absolute Gasteiger partial charge is 0.296 e. The van der Waals surface area contributed by atoms with Crippen LogP contribution >= 0.6 is 22.9 Å². The molecule has 0 bridgehead atoms. The molecule has 3 aromatic carbocycles. The lowest BCUT2D eigenvalue weighted by atomic mass is 9.95. The molecule has 10 heteroatoms. The van der Waals surface area contributed by atoms with Crippen LogP contribution < -0.4 is 4.90 Å². The van der Waals surface area contributed by atoms with Crippen LogP contribution in [0.4, 0.5) is 10.8 Å². The number of ketones is 1. The molecule has 0 spiro atoms. The zero-order valence-corrected chi connectivity index (χ0v) is 19.9. The fourth-order valence-electron chi connectivity index (χ4n) is 3.96. The van der Waals surface area contributed by atoms with Crippen LogP contribution in [0.5, 0.6) is 0 Å². The molecule has 1 N–H and O–H groups in total. The highest BCUT2D eigenvalue weighted by molar-refractivity contribution is 7.22. The minimum Gasteiger partial charge on any atom is -0.503 e. The van der Waals surface area contributed by atoms with Crippen LogP contribution in [0.2, 0.25) is 5.02 Å². The number of nitro groups is 1. The second kappa shape index (κ2) is 9.37. The van der Waals surface area contributed by atoms with Gasteiger partial charge in [0.2, 0.25) is 0 Å². The lowest BCUT2D eigenvalue weighted by Gasteiger charge is -2.24. The van der Waals surface area contributed by atoms with Crippen LogP contribution in [-0.4, -0.2) is 26.7 Å². The molecule has 1 aromatic heterocycles. The predicted octanol–water partition coefficient (Wildman–Crippen LogP) is 6.04. The first-order valence-corrected chi connectivity index (χ1v) is 11.9. The number of nitro benzene ring substituents is 1. The minimum absolute atomic E-state index is 0.140. The average Bonchev–Trinajstić information content (AvgIpc) is 3.41. The number of fused-ring (bicyclic) bond motifs is 1. The summed E-state index contributed by atoms with van der Waals surface area (Å²) in [7, 11) is 0. The lowest BCUT2D eigenvalue weighted by molar-refractivity contribution is -0.384. The number of aliphatic hydroxyl groups is 1. The Balaban J connectivity index is 1.61. The first-order chi connectivity index (χ1) is 17.3. The number of aliphatic hydroxyl groups excluding tert-OH is 1. The standard InChI is InChI=1S/C26H16ClN3O5S/c27-17-9-12-19-21(14-17)36-26(28-19)29-23(16-7-10-18(11-8-16)30(34)35)22(24(32)25(29)33)20(31)13-6-15-4-2-1-3-5-15/h1-14,23,32H. The van der Waals surface area contributed by atoms with Crippen molar-refractivity contribution in [2.75, 3.05) is 4.90 Å². The number of aromatic nitrogens is 1. The van der Waals surface area contributed by atoms with Gasteiger partial charge in [0.1, 0.15) is 0 Å². The van der Waals surface area contributed by atoms with Gasteiger partial charge < -0.3 is 5.11 Å². The molecule has 178 valence electrons. The number of allylic oxidation sites excluding steroid dienone is 1. The molecule has 1 unspecified atom stereocenters. The highest BCUT2D eigenvalue weighted by atomic mass is 35.5.